The highest BCUT2D eigenvalue weighted by Crippen LogP contribution is 2.27. The average molecular weight is 398 g/mol. The van der Waals surface area contributed by atoms with Crippen molar-refractivity contribution in [1.29, 1.82) is 0 Å². The second-order valence-electron chi connectivity index (χ2n) is 7.62. The molecule has 4 nitrogen and oxygen atoms in total. The van der Waals surface area contributed by atoms with Gasteiger partial charge in [0.05, 0.1) is 12.8 Å². The van der Waals surface area contributed by atoms with Crippen LogP contribution in [-0.4, -0.2) is 16.9 Å². The van der Waals surface area contributed by atoms with E-state index >= 15 is 0 Å². The molecule has 3 aromatic carbocycles. The van der Waals surface area contributed by atoms with Crippen LogP contribution in [0, 0.1) is 13.8 Å². The van der Waals surface area contributed by atoms with Crippen LogP contribution in [0.15, 0.2) is 72.8 Å². The lowest BCUT2D eigenvalue weighted by Gasteiger charge is -2.07. The van der Waals surface area contributed by atoms with Crippen LogP contribution >= 0.6 is 0 Å². The number of nitrogens with one attached hydrogen (secondary N) is 1. The molecule has 0 saturated heterocycles. The molecule has 4 heteroatoms. The largest absolute Gasteiger partial charge is 0.497 e. The maximum atomic E-state index is 5.22. The molecule has 0 aliphatic heterocycles. The lowest BCUT2D eigenvalue weighted by atomic mass is 9.99. The van der Waals surface area contributed by atoms with Crippen molar-refractivity contribution in [1.82, 2.24) is 9.78 Å². The Balaban J connectivity index is 1.48. The zero-order valence-electron chi connectivity index (χ0n) is 17.9. The molecule has 0 aliphatic carbocycles. The van der Waals surface area contributed by atoms with Crippen molar-refractivity contribution in [3.8, 4) is 28.1 Å². The molecule has 0 unspecified atom stereocenters. The Morgan fingerprint density at radius 3 is 2.13 bits per heavy atom. The van der Waals surface area contributed by atoms with Gasteiger partial charge in [0, 0.05) is 25.2 Å². The number of rotatable bonds is 6. The van der Waals surface area contributed by atoms with Crippen molar-refractivity contribution in [2.45, 2.75) is 20.4 Å². The SMILES string of the molecule is COc1ccc(CNc2cc(-c3ccc(-c4ccc(C)c(C)c4)cc3)nn2C)cc1. The van der Waals surface area contributed by atoms with Crippen molar-refractivity contribution in [2.24, 2.45) is 7.05 Å². The molecule has 152 valence electrons. The third kappa shape index (κ3) is 4.23. The molecular formula is C26H27N3O. The number of hydrogen-bond donors (Lipinski definition) is 1. The lowest BCUT2D eigenvalue weighted by Crippen LogP contribution is -2.04. The Hall–Kier alpha value is -3.53. The number of aryl methyl sites for hydroxylation is 3. The predicted molar refractivity (Wildman–Crippen MR) is 124 cm³/mol. The molecule has 0 atom stereocenters. The van der Waals surface area contributed by atoms with Crippen molar-refractivity contribution in [3.63, 3.8) is 0 Å². The number of nitrogens with zero attached hydrogens (tertiary/aromatic N) is 2. The Labute approximate surface area is 178 Å². The van der Waals surface area contributed by atoms with Crippen molar-refractivity contribution < 1.29 is 4.74 Å². The minimum atomic E-state index is 0.731. The molecule has 0 bridgehead atoms. The van der Waals surface area contributed by atoms with Crippen LogP contribution in [0.3, 0.4) is 0 Å². The molecule has 0 saturated carbocycles. The van der Waals surface area contributed by atoms with E-state index in [0.717, 1.165) is 29.4 Å². The van der Waals surface area contributed by atoms with Crippen LogP contribution in [0.1, 0.15) is 16.7 Å². The molecule has 0 aliphatic rings. The molecule has 30 heavy (non-hydrogen) atoms. The molecule has 1 heterocycles. The second-order valence-corrected chi connectivity index (χ2v) is 7.62. The normalized spacial score (nSPS) is 10.8. The van der Waals surface area contributed by atoms with E-state index in [1.54, 1.807) is 7.11 Å². The van der Waals surface area contributed by atoms with Crippen molar-refractivity contribution in [3.05, 3.63) is 89.5 Å². The van der Waals surface area contributed by atoms with E-state index in [9.17, 15) is 0 Å². The number of aromatic nitrogens is 2. The Morgan fingerprint density at radius 1 is 0.800 bits per heavy atom. The van der Waals surface area contributed by atoms with Gasteiger partial charge in [-0.1, -0.05) is 54.6 Å². The first-order chi connectivity index (χ1) is 14.5. The van der Waals surface area contributed by atoms with Crippen LogP contribution in [0.25, 0.3) is 22.4 Å². The van der Waals surface area contributed by atoms with E-state index in [-0.39, 0.29) is 0 Å². The fourth-order valence-electron chi connectivity index (χ4n) is 3.46. The Bertz CT molecular complexity index is 1140. The first kappa shape index (κ1) is 19.8. The standard InChI is InChI=1S/C26H27N3O/c1-18-5-8-23(15-19(18)2)21-9-11-22(12-10-21)25-16-26(29(3)28-25)27-17-20-6-13-24(30-4)14-7-20/h5-16,27H,17H2,1-4H3. The molecular weight excluding hydrogens is 370 g/mol. The minimum Gasteiger partial charge on any atom is -0.497 e. The van der Waals surface area contributed by atoms with Crippen molar-refractivity contribution in [2.75, 3.05) is 12.4 Å². The zero-order chi connectivity index (χ0) is 21.1. The van der Waals surface area contributed by atoms with Gasteiger partial charge in [-0.25, -0.2) is 0 Å². The molecule has 0 amide bonds. The van der Waals surface area contributed by atoms with E-state index in [4.69, 9.17) is 4.74 Å². The zero-order valence-corrected chi connectivity index (χ0v) is 17.9. The molecule has 0 fully saturated rings. The number of benzene rings is 3. The van der Waals surface area contributed by atoms with E-state index in [0.29, 0.717) is 0 Å². The van der Waals surface area contributed by atoms with Crippen LogP contribution in [0.5, 0.6) is 5.75 Å². The highest BCUT2D eigenvalue weighted by atomic mass is 16.5. The molecule has 0 spiro atoms. The lowest BCUT2D eigenvalue weighted by molar-refractivity contribution is 0.414. The first-order valence-corrected chi connectivity index (χ1v) is 10.1. The quantitative estimate of drug-likeness (QED) is 0.434. The Kier molecular flexibility index (Phi) is 5.57. The van der Waals surface area contributed by atoms with Gasteiger partial charge in [0.25, 0.3) is 0 Å². The molecule has 4 aromatic rings. The van der Waals surface area contributed by atoms with Gasteiger partial charge in [-0.15, -0.1) is 0 Å². The molecule has 1 aromatic heterocycles. The number of ether oxygens (including phenoxy) is 1. The monoisotopic (exact) mass is 397 g/mol. The highest BCUT2D eigenvalue weighted by Gasteiger charge is 2.08. The van der Waals surface area contributed by atoms with Gasteiger partial charge in [-0.3, -0.25) is 4.68 Å². The average Bonchev–Trinajstić information content (AvgIpc) is 3.15. The fourth-order valence-corrected chi connectivity index (χ4v) is 3.46. The topological polar surface area (TPSA) is 39.1 Å². The first-order valence-electron chi connectivity index (χ1n) is 10.1. The predicted octanol–water partition coefficient (Wildman–Crippen LogP) is 5.99. The van der Waals surface area contributed by atoms with Crippen LogP contribution < -0.4 is 10.1 Å². The molecule has 0 radical (unpaired) electrons. The minimum absolute atomic E-state index is 0.731. The van der Waals surface area contributed by atoms with Gasteiger partial charge < -0.3 is 10.1 Å². The van der Waals surface area contributed by atoms with Gasteiger partial charge in [-0.05, 0) is 53.8 Å². The Morgan fingerprint density at radius 2 is 1.47 bits per heavy atom. The van der Waals surface area contributed by atoms with Crippen LogP contribution in [0.2, 0.25) is 0 Å². The third-order valence-electron chi connectivity index (χ3n) is 5.53. The van der Waals surface area contributed by atoms with Crippen LogP contribution in [-0.2, 0) is 13.6 Å². The van der Waals surface area contributed by atoms with E-state index in [1.807, 2.05) is 23.9 Å². The third-order valence-corrected chi connectivity index (χ3v) is 5.53. The summed E-state index contributed by atoms with van der Waals surface area (Å²) < 4.78 is 7.10. The number of methoxy groups -OCH3 is 1. The fraction of sp³-hybridized carbons (Fsp3) is 0.192. The summed E-state index contributed by atoms with van der Waals surface area (Å²) in [4.78, 5) is 0. The van der Waals surface area contributed by atoms with Gasteiger partial charge in [-0.2, -0.15) is 5.10 Å². The number of hydrogen-bond acceptors (Lipinski definition) is 3. The summed E-state index contributed by atoms with van der Waals surface area (Å²) >= 11 is 0. The van der Waals surface area contributed by atoms with E-state index in [2.05, 4.69) is 84.9 Å². The molecule has 4 rings (SSSR count). The summed E-state index contributed by atoms with van der Waals surface area (Å²) in [6.45, 7) is 5.03. The summed E-state index contributed by atoms with van der Waals surface area (Å²) in [6.07, 6.45) is 0. The smallest absolute Gasteiger partial charge is 0.124 e. The van der Waals surface area contributed by atoms with E-state index < -0.39 is 0 Å². The van der Waals surface area contributed by atoms with Gasteiger partial charge in [0.2, 0.25) is 0 Å². The maximum Gasteiger partial charge on any atom is 0.124 e. The number of anilines is 1. The van der Waals surface area contributed by atoms with E-state index in [1.165, 1.54) is 27.8 Å². The summed E-state index contributed by atoms with van der Waals surface area (Å²) in [5, 5.41) is 8.15. The second kappa shape index (κ2) is 8.46. The van der Waals surface area contributed by atoms with Gasteiger partial charge >= 0.3 is 0 Å². The highest BCUT2D eigenvalue weighted by molar-refractivity contribution is 5.70. The summed E-state index contributed by atoms with van der Waals surface area (Å²) in [6, 6.07) is 25.4. The summed E-state index contributed by atoms with van der Waals surface area (Å²) in [7, 11) is 3.64. The van der Waals surface area contributed by atoms with Gasteiger partial charge in [0.1, 0.15) is 11.6 Å². The molecule has 1 N–H and O–H groups in total. The summed E-state index contributed by atoms with van der Waals surface area (Å²) in [5.74, 6) is 1.85. The van der Waals surface area contributed by atoms with Crippen LogP contribution in [0.4, 0.5) is 5.82 Å². The van der Waals surface area contributed by atoms with Crippen molar-refractivity contribution >= 4 is 5.82 Å². The van der Waals surface area contributed by atoms with Gasteiger partial charge in [0.15, 0.2) is 0 Å². The summed E-state index contributed by atoms with van der Waals surface area (Å²) in [5.41, 5.74) is 8.35. The maximum absolute atomic E-state index is 5.22.